The molecule has 4 atom stereocenters. The third-order valence-corrected chi connectivity index (χ3v) is 4.73. The average molecular weight is 152 g/mol. The molecule has 0 aromatic carbocycles. The summed E-state index contributed by atoms with van der Waals surface area (Å²) in [7, 11) is 0. The molecule has 0 spiro atoms. The summed E-state index contributed by atoms with van der Waals surface area (Å²) < 4.78 is 0. The van der Waals surface area contributed by atoms with Gasteiger partial charge in [-0.2, -0.15) is 0 Å². The van der Waals surface area contributed by atoms with Crippen LogP contribution in [0.25, 0.3) is 0 Å². The zero-order chi connectivity index (χ0) is 8.22. The Morgan fingerprint density at radius 1 is 1.09 bits per heavy atom. The summed E-state index contributed by atoms with van der Waals surface area (Å²) in [4.78, 5) is 0. The normalized spacial score (nSPS) is 53.5. The standard InChI is InChI=1S/C11H20/c1-7-5-9-6-10(8(7)2)11(9,3)4/h7-10H,5-6H2,1-4H3/t7?,8?,9-,10-/m1/s1. The summed E-state index contributed by atoms with van der Waals surface area (Å²) in [5.74, 6) is 4.07. The van der Waals surface area contributed by atoms with Crippen LogP contribution in [0, 0.1) is 29.1 Å². The van der Waals surface area contributed by atoms with E-state index in [1.807, 2.05) is 0 Å². The zero-order valence-electron chi connectivity index (χ0n) is 8.22. The van der Waals surface area contributed by atoms with Crippen LogP contribution in [0.2, 0.25) is 0 Å². The highest BCUT2D eigenvalue weighted by Gasteiger charge is 2.54. The first-order valence-electron chi connectivity index (χ1n) is 5.03. The Labute approximate surface area is 70.4 Å². The van der Waals surface area contributed by atoms with Gasteiger partial charge in [-0.3, -0.25) is 0 Å². The molecule has 3 aliphatic carbocycles. The molecule has 0 heteroatoms. The van der Waals surface area contributed by atoms with Gasteiger partial charge in [0.15, 0.2) is 0 Å². The Balaban J connectivity index is 2.17. The third kappa shape index (κ3) is 0.816. The highest BCUT2D eigenvalue weighted by Crippen LogP contribution is 2.62. The highest BCUT2D eigenvalue weighted by atomic mass is 14.6. The topological polar surface area (TPSA) is 0 Å². The molecular formula is C11H20. The maximum absolute atomic E-state index is 2.47. The largest absolute Gasteiger partial charge is 0.0622 e. The lowest BCUT2D eigenvalue weighted by atomic mass is 9.44. The molecular weight excluding hydrogens is 132 g/mol. The minimum absolute atomic E-state index is 0.686. The van der Waals surface area contributed by atoms with Crippen LogP contribution in [0.3, 0.4) is 0 Å². The molecule has 2 bridgehead atoms. The minimum atomic E-state index is 0.686. The molecule has 0 aliphatic heterocycles. The fourth-order valence-corrected chi connectivity index (χ4v) is 3.41. The SMILES string of the molecule is CC1C[C@@H]2C[C@H](C1C)C2(C)C. The lowest BCUT2D eigenvalue weighted by Gasteiger charge is -2.61. The Hall–Kier alpha value is 0. The number of hydrogen-bond donors (Lipinski definition) is 0. The highest BCUT2D eigenvalue weighted by molar-refractivity contribution is 5.03. The van der Waals surface area contributed by atoms with E-state index in [-0.39, 0.29) is 0 Å². The van der Waals surface area contributed by atoms with Crippen LogP contribution in [0.4, 0.5) is 0 Å². The van der Waals surface area contributed by atoms with Crippen molar-refractivity contribution < 1.29 is 0 Å². The molecule has 11 heavy (non-hydrogen) atoms. The maximum Gasteiger partial charge on any atom is -0.0295 e. The molecule has 0 aromatic rings. The average Bonchev–Trinajstić information content (AvgIpc) is 1.93. The molecule has 0 heterocycles. The molecule has 0 nitrogen and oxygen atoms in total. The van der Waals surface area contributed by atoms with Crippen LogP contribution in [-0.4, -0.2) is 0 Å². The zero-order valence-corrected chi connectivity index (χ0v) is 8.22. The van der Waals surface area contributed by atoms with E-state index in [1.165, 1.54) is 12.8 Å². The van der Waals surface area contributed by atoms with Gasteiger partial charge < -0.3 is 0 Å². The molecule has 3 fully saturated rings. The van der Waals surface area contributed by atoms with E-state index in [9.17, 15) is 0 Å². The number of fused-ring (bicyclic) bond motifs is 2. The fourth-order valence-electron chi connectivity index (χ4n) is 3.41. The van der Waals surface area contributed by atoms with Crippen molar-refractivity contribution >= 4 is 0 Å². The third-order valence-electron chi connectivity index (χ3n) is 4.73. The van der Waals surface area contributed by atoms with Crippen molar-refractivity contribution in [3.05, 3.63) is 0 Å². The molecule has 0 radical (unpaired) electrons. The maximum atomic E-state index is 2.47. The van der Waals surface area contributed by atoms with Gasteiger partial charge in [0.1, 0.15) is 0 Å². The Morgan fingerprint density at radius 3 is 2.09 bits per heavy atom. The second-order valence-electron chi connectivity index (χ2n) is 5.43. The fraction of sp³-hybridized carbons (Fsp3) is 1.00. The van der Waals surface area contributed by atoms with Gasteiger partial charge in [0.2, 0.25) is 0 Å². The molecule has 2 unspecified atom stereocenters. The van der Waals surface area contributed by atoms with E-state index in [0.717, 1.165) is 23.7 Å². The lowest BCUT2D eigenvalue weighted by Crippen LogP contribution is -2.54. The van der Waals surface area contributed by atoms with Gasteiger partial charge in [-0.05, 0) is 41.9 Å². The summed E-state index contributed by atoms with van der Waals surface area (Å²) in [6.45, 7) is 9.81. The van der Waals surface area contributed by atoms with Gasteiger partial charge >= 0.3 is 0 Å². The summed E-state index contributed by atoms with van der Waals surface area (Å²) in [5.41, 5.74) is 0.686. The van der Waals surface area contributed by atoms with Crippen molar-refractivity contribution in [2.24, 2.45) is 29.1 Å². The van der Waals surface area contributed by atoms with Crippen molar-refractivity contribution in [3.8, 4) is 0 Å². The monoisotopic (exact) mass is 152 g/mol. The van der Waals surface area contributed by atoms with Crippen molar-refractivity contribution in [1.82, 2.24) is 0 Å². The molecule has 3 rings (SSSR count). The predicted molar refractivity (Wildman–Crippen MR) is 48.3 cm³/mol. The van der Waals surface area contributed by atoms with Gasteiger partial charge in [-0.15, -0.1) is 0 Å². The first-order chi connectivity index (χ1) is 5.03. The minimum Gasteiger partial charge on any atom is -0.0622 e. The van der Waals surface area contributed by atoms with Crippen molar-refractivity contribution in [2.45, 2.75) is 40.5 Å². The quantitative estimate of drug-likeness (QED) is 0.499. The first kappa shape index (κ1) is 7.64. The van der Waals surface area contributed by atoms with Gasteiger partial charge in [-0.1, -0.05) is 27.7 Å². The summed E-state index contributed by atoms with van der Waals surface area (Å²) in [6, 6.07) is 0. The van der Waals surface area contributed by atoms with Crippen LogP contribution in [0.15, 0.2) is 0 Å². The first-order valence-corrected chi connectivity index (χ1v) is 5.03. The van der Waals surface area contributed by atoms with E-state index in [1.54, 1.807) is 0 Å². The number of hydrogen-bond acceptors (Lipinski definition) is 0. The Bertz CT molecular complexity index is 169. The van der Waals surface area contributed by atoms with Crippen molar-refractivity contribution in [1.29, 1.82) is 0 Å². The van der Waals surface area contributed by atoms with Crippen LogP contribution >= 0.6 is 0 Å². The lowest BCUT2D eigenvalue weighted by molar-refractivity contribution is -0.124. The van der Waals surface area contributed by atoms with E-state index < -0.39 is 0 Å². The second-order valence-corrected chi connectivity index (χ2v) is 5.43. The summed E-state index contributed by atoms with van der Waals surface area (Å²) in [5, 5.41) is 0. The Kier molecular flexibility index (Phi) is 1.41. The molecule has 0 N–H and O–H groups in total. The van der Waals surface area contributed by atoms with Crippen LogP contribution in [-0.2, 0) is 0 Å². The van der Waals surface area contributed by atoms with Gasteiger partial charge in [-0.25, -0.2) is 0 Å². The van der Waals surface area contributed by atoms with Crippen molar-refractivity contribution in [2.75, 3.05) is 0 Å². The van der Waals surface area contributed by atoms with Gasteiger partial charge in [0.05, 0.1) is 0 Å². The molecule has 0 saturated heterocycles. The van der Waals surface area contributed by atoms with E-state index in [4.69, 9.17) is 0 Å². The smallest absolute Gasteiger partial charge is 0.0295 e. The second kappa shape index (κ2) is 2.02. The van der Waals surface area contributed by atoms with E-state index >= 15 is 0 Å². The summed E-state index contributed by atoms with van der Waals surface area (Å²) in [6.07, 6.45) is 3.02. The van der Waals surface area contributed by atoms with Gasteiger partial charge in [0, 0.05) is 0 Å². The van der Waals surface area contributed by atoms with Gasteiger partial charge in [0.25, 0.3) is 0 Å². The van der Waals surface area contributed by atoms with Crippen LogP contribution in [0.1, 0.15) is 40.5 Å². The summed E-state index contributed by atoms with van der Waals surface area (Å²) >= 11 is 0. The van der Waals surface area contributed by atoms with E-state index in [2.05, 4.69) is 27.7 Å². The molecule has 0 amide bonds. The van der Waals surface area contributed by atoms with Crippen LogP contribution < -0.4 is 0 Å². The number of rotatable bonds is 0. The molecule has 0 aromatic heterocycles. The van der Waals surface area contributed by atoms with Crippen LogP contribution in [0.5, 0.6) is 0 Å². The Morgan fingerprint density at radius 2 is 1.73 bits per heavy atom. The van der Waals surface area contributed by atoms with E-state index in [0.29, 0.717) is 5.41 Å². The molecule has 3 saturated carbocycles. The van der Waals surface area contributed by atoms with Crippen molar-refractivity contribution in [3.63, 3.8) is 0 Å². The molecule has 3 aliphatic rings. The molecule has 64 valence electrons. The predicted octanol–water partition coefficient (Wildman–Crippen LogP) is 3.32.